The van der Waals surface area contributed by atoms with Crippen LogP contribution < -0.4 is 0 Å². The Kier molecular flexibility index (Phi) is 2.48. The third-order valence-corrected chi connectivity index (χ3v) is 2.88. The number of aldehydes is 1. The first-order valence-corrected chi connectivity index (χ1v) is 4.32. The van der Waals surface area contributed by atoms with Gasteiger partial charge in [0, 0.05) is 5.41 Å². The Morgan fingerprint density at radius 3 is 2.73 bits per heavy atom. The van der Waals surface area contributed by atoms with E-state index in [1.807, 2.05) is 13.0 Å². The van der Waals surface area contributed by atoms with E-state index in [4.69, 9.17) is 0 Å². The van der Waals surface area contributed by atoms with Crippen LogP contribution in [0.15, 0.2) is 12.7 Å². The normalized spacial score (nSPS) is 38.1. The highest BCUT2D eigenvalue weighted by Crippen LogP contribution is 2.39. The van der Waals surface area contributed by atoms with Crippen molar-refractivity contribution in [3.63, 3.8) is 0 Å². The fourth-order valence-electron chi connectivity index (χ4n) is 1.92. The molecule has 1 saturated carbocycles. The van der Waals surface area contributed by atoms with Crippen LogP contribution in [0.25, 0.3) is 0 Å². The molecule has 0 saturated heterocycles. The van der Waals surface area contributed by atoms with E-state index in [1.165, 1.54) is 12.8 Å². The highest BCUT2D eigenvalue weighted by molar-refractivity contribution is 5.60. The van der Waals surface area contributed by atoms with Crippen LogP contribution in [0.4, 0.5) is 0 Å². The van der Waals surface area contributed by atoms with E-state index in [0.717, 1.165) is 19.1 Å². The second kappa shape index (κ2) is 3.21. The predicted octanol–water partition coefficient (Wildman–Crippen LogP) is 2.57. The lowest BCUT2D eigenvalue weighted by Crippen LogP contribution is -2.30. The molecule has 0 aromatic carbocycles. The van der Waals surface area contributed by atoms with E-state index >= 15 is 0 Å². The van der Waals surface area contributed by atoms with Crippen LogP contribution in [0.3, 0.4) is 0 Å². The number of carbonyl (C=O) groups excluding carboxylic acids is 1. The first-order chi connectivity index (χ1) is 5.23. The largest absolute Gasteiger partial charge is 0.303 e. The highest BCUT2D eigenvalue weighted by atomic mass is 16.1. The summed E-state index contributed by atoms with van der Waals surface area (Å²) >= 11 is 0. The van der Waals surface area contributed by atoms with Gasteiger partial charge in [0.25, 0.3) is 0 Å². The molecule has 1 aliphatic rings. The van der Waals surface area contributed by atoms with Crippen LogP contribution in [0, 0.1) is 11.3 Å². The number of allylic oxidation sites excluding steroid dienone is 1. The smallest absolute Gasteiger partial charge is 0.126 e. The zero-order valence-corrected chi connectivity index (χ0v) is 7.18. The van der Waals surface area contributed by atoms with Crippen LogP contribution in [0.1, 0.15) is 32.6 Å². The molecule has 0 unspecified atom stereocenters. The van der Waals surface area contributed by atoms with Crippen LogP contribution in [-0.4, -0.2) is 6.29 Å². The van der Waals surface area contributed by atoms with E-state index in [2.05, 4.69) is 6.58 Å². The molecule has 0 aromatic heterocycles. The lowest BCUT2D eigenvalue weighted by Gasteiger charge is -2.35. The minimum Gasteiger partial charge on any atom is -0.303 e. The van der Waals surface area contributed by atoms with E-state index in [-0.39, 0.29) is 5.41 Å². The zero-order chi connectivity index (χ0) is 8.32. The van der Waals surface area contributed by atoms with Crippen LogP contribution >= 0.6 is 0 Å². The molecule has 11 heavy (non-hydrogen) atoms. The van der Waals surface area contributed by atoms with Crippen molar-refractivity contribution in [2.75, 3.05) is 0 Å². The summed E-state index contributed by atoms with van der Waals surface area (Å²) in [5.74, 6) is 0.411. The molecular weight excluding hydrogens is 136 g/mol. The van der Waals surface area contributed by atoms with Crippen molar-refractivity contribution in [3.8, 4) is 0 Å². The van der Waals surface area contributed by atoms with Gasteiger partial charge in [0.15, 0.2) is 0 Å². The molecule has 0 heterocycles. The first kappa shape index (κ1) is 8.51. The number of hydrogen-bond donors (Lipinski definition) is 0. The lowest BCUT2D eigenvalue weighted by atomic mass is 9.68. The maximum absolute atomic E-state index is 10.8. The van der Waals surface area contributed by atoms with Gasteiger partial charge in [-0.2, -0.15) is 0 Å². The summed E-state index contributed by atoms with van der Waals surface area (Å²) in [6.45, 7) is 5.82. The molecule has 0 spiro atoms. The molecule has 62 valence electrons. The van der Waals surface area contributed by atoms with Gasteiger partial charge in [0.1, 0.15) is 6.29 Å². The van der Waals surface area contributed by atoms with Gasteiger partial charge in [-0.15, -0.1) is 6.58 Å². The van der Waals surface area contributed by atoms with E-state index < -0.39 is 0 Å². The summed E-state index contributed by atoms with van der Waals surface area (Å²) in [4.78, 5) is 10.8. The molecule has 1 nitrogen and oxygen atoms in total. The zero-order valence-electron chi connectivity index (χ0n) is 7.18. The van der Waals surface area contributed by atoms with E-state index in [1.54, 1.807) is 0 Å². The molecule has 0 aliphatic heterocycles. The molecular formula is C10H16O. The van der Waals surface area contributed by atoms with E-state index in [0.29, 0.717) is 5.92 Å². The van der Waals surface area contributed by atoms with Crippen molar-refractivity contribution in [1.82, 2.24) is 0 Å². The summed E-state index contributed by atoms with van der Waals surface area (Å²) < 4.78 is 0. The third kappa shape index (κ3) is 1.52. The molecule has 1 rings (SSSR count). The molecule has 0 amide bonds. The molecule has 1 heteroatoms. The first-order valence-electron chi connectivity index (χ1n) is 4.32. The average Bonchev–Trinajstić information content (AvgIpc) is 2.05. The minimum absolute atomic E-state index is 0.111. The van der Waals surface area contributed by atoms with Crippen molar-refractivity contribution in [2.24, 2.45) is 11.3 Å². The maximum atomic E-state index is 10.8. The Bertz CT molecular complexity index is 162. The SMILES string of the molecule is C=C[C@H]1CCCC[C@@]1(C)C=O. The summed E-state index contributed by atoms with van der Waals surface area (Å²) in [5.41, 5.74) is -0.111. The van der Waals surface area contributed by atoms with Crippen molar-refractivity contribution >= 4 is 6.29 Å². The van der Waals surface area contributed by atoms with Gasteiger partial charge < -0.3 is 4.79 Å². The molecule has 1 aliphatic carbocycles. The standard InChI is InChI=1S/C10H16O/c1-3-9-6-4-5-7-10(9,2)8-11/h3,8-9H,1,4-7H2,2H3/t9-,10-/m0/s1. The number of carbonyl (C=O) groups is 1. The Morgan fingerprint density at radius 1 is 1.55 bits per heavy atom. The predicted molar refractivity (Wildman–Crippen MR) is 46.3 cm³/mol. The molecule has 0 bridgehead atoms. The van der Waals surface area contributed by atoms with Gasteiger partial charge in [-0.1, -0.05) is 25.8 Å². The van der Waals surface area contributed by atoms with Crippen LogP contribution in [0.5, 0.6) is 0 Å². The molecule has 0 aromatic rings. The average molecular weight is 152 g/mol. The van der Waals surface area contributed by atoms with Crippen molar-refractivity contribution in [3.05, 3.63) is 12.7 Å². The lowest BCUT2D eigenvalue weighted by molar-refractivity contribution is -0.118. The summed E-state index contributed by atoms with van der Waals surface area (Å²) in [6, 6.07) is 0. The topological polar surface area (TPSA) is 17.1 Å². The van der Waals surface area contributed by atoms with Crippen LogP contribution in [-0.2, 0) is 4.79 Å². The monoisotopic (exact) mass is 152 g/mol. The molecule has 0 radical (unpaired) electrons. The molecule has 1 fully saturated rings. The summed E-state index contributed by atoms with van der Waals surface area (Å²) in [5, 5.41) is 0. The fraction of sp³-hybridized carbons (Fsp3) is 0.700. The summed E-state index contributed by atoms with van der Waals surface area (Å²) in [7, 11) is 0. The van der Waals surface area contributed by atoms with Crippen LogP contribution in [0.2, 0.25) is 0 Å². The number of rotatable bonds is 2. The van der Waals surface area contributed by atoms with Gasteiger partial charge in [0.2, 0.25) is 0 Å². The highest BCUT2D eigenvalue weighted by Gasteiger charge is 2.33. The Labute approximate surface area is 68.5 Å². The quantitative estimate of drug-likeness (QED) is 0.439. The van der Waals surface area contributed by atoms with Crippen molar-refractivity contribution in [1.29, 1.82) is 0 Å². The summed E-state index contributed by atoms with van der Waals surface area (Å²) in [6.07, 6.45) is 7.66. The van der Waals surface area contributed by atoms with Gasteiger partial charge in [-0.3, -0.25) is 0 Å². The Hall–Kier alpha value is -0.590. The molecule has 2 atom stereocenters. The minimum atomic E-state index is -0.111. The fourth-order valence-corrected chi connectivity index (χ4v) is 1.92. The second-order valence-electron chi connectivity index (χ2n) is 3.71. The maximum Gasteiger partial charge on any atom is 0.126 e. The number of hydrogen-bond acceptors (Lipinski definition) is 1. The van der Waals surface area contributed by atoms with Crippen molar-refractivity contribution < 1.29 is 4.79 Å². The van der Waals surface area contributed by atoms with Gasteiger partial charge in [-0.05, 0) is 18.8 Å². The van der Waals surface area contributed by atoms with Gasteiger partial charge in [-0.25, -0.2) is 0 Å². The van der Waals surface area contributed by atoms with Crippen molar-refractivity contribution in [2.45, 2.75) is 32.6 Å². The van der Waals surface area contributed by atoms with E-state index in [9.17, 15) is 4.79 Å². The van der Waals surface area contributed by atoms with Gasteiger partial charge >= 0.3 is 0 Å². The molecule has 0 N–H and O–H groups in total. The Balaban J connectivity index is 2.72. The third-order valence-electron chi connectivity index (χ3n) is 2.88. The van der Waals surface area contributed by atoms with Gasteiger partial charge in [0.05, 0.1) is 0 Å². The Morgan fingerprint density at radius 2 is 2.27 bits per heavy atom. The second-order valence-corrected chi connectivity index (χ2v) is 3.71.